The molecule has 6 aromatic carbocycles. The first-order chi connectivity index (χ1) is 48.8. The monoisotopic (exact) mass is 1480 g/mol. The molecule has 0 radical (unpaired) electrons. The second-order valence-electron chi connectivity index (χ2n) is 23.7. The van der Waals surface area contributed by atoms with E-state index in [-0.39, 0.29) is 84.9 Å². The van der Waals surface area contributed by atoms with Gasteiger partial charge in [0, 0.05) is 51.6 Å². The van der Waals surface area contributed by atoms with Crippen LogP contribution in [-0.2, 0) is 52.3 Å². The Bertz CT molecular complexity index is 4670. The van der Waals surface area contributed by atoms with E-state index in [1.54, 1.807) is 91.0 Å². The highest BCUT2D eigenvalue weighted by atomic mass is 79.9. The average molecular weight is 1480 g/mol. The van der Waals surface area contributed by atoms with Gasteiger partial charge in [-0.3, -0.25) is 0 Å². The van der Waals surface area contributed by atoms with Crippen molar-refractivity contribution < 1.29 is 140 Å². The van der Waals surface area contributed by atoms with Gasteiger partial charge in [-0.15, -0.1) is 0 Å². The van der Waals surface area contributed by atoms with E-state index in [9.17, 15) is 75.3 Å². The summed E-state index contributed by atoms with van der Waals surface area (Å²) in [6.07, 6.45) is -42.5. The number of rotatable bonds is 19. The van der Waals surface area contributed by atoms with Crippen LogP contribution in [-0.4, -0.2) is 216 Å². The molecule has 33 heteroatoms. The molecule has 532 valence electrons. The molecule has 4 fully saturated rings. The van der Waals surface area contributed by atoms with Crippen molar-refractivity contribution in [3.63, 3.8) is 0 Å². The number of aliphatic hydroxyl groups excluding tert-OH is 9. The van der Waals surface area contributed by atoms with Crippen molar-refractivity contribution in [2.75, 3.05) is 0 Å². The minimum absolute atomic E-state index is 0.146. The van der Waals surface area contributed by atoms with Gasteiger partial charge in [0.25, 0.3) is 0 Å². The maximum Gasteiger partial charge on any atom is 0.361 e. The molecular weight excluding hydrogens is 1420 g/mol. The molecule has 20 atom stereocenters. The zero-order valence-electron chi connectivity index (χ0n) is 52.3. The van der Waals surface area contributed by atoms with Crippen LogP contribution in [0.1, 0.15) is 16.7 Å². The molecule has 0 bridgehead atoms. The van der Waals surface area contributed by atoms with E-state index < -0.39 is 145 Å². The largest absolute Gasteiger partial charge is 0.479 e. The van der Waals surface area contributed by atoms with E-state index in [4.69, 9.17) is 60.6 Å². The van der Waals surface area contributed by atoms with Gasteiger partial charge in [-0.1, -0.05) is 92.6 Å². The van der Waals surface area contributed by atoms with Gasteiger partial charge >= 0.3 is 29.9 Å². The number of halogens is 2. The normalized spacial score (nSPS) is 31.0. The number of carboxylic acid groups (broad SMARTS) is 1. The molecule has 4 saturated heterocycles. The Kier molecular flexibility index (Phi) is 19.4. The molecule has 3 aromatic heterocycles. The van der Waals surface area contributed by atoms with Gasteiger partial charge in [-0.2, -0.15) is 4.39 Å². The zero-order chi connectivity index (χ0) is 72.4. The number of carboxylic acids is 1. The molecule has 7 heterocycles. The lowest BCUT2D eigenvalue weighted by Crippen LogP contribution is -2.73. The van der Waals surface area contributed by atoms with Crippen LogP contribution in [0, 0.1) is 0 Å². The van der Waals surface area contributed by atoms with Crippen molar-refractivity contribution in [2.24, 2.45) is 0 Å². The number of carbonyl (C=O) groups is 4. The summed E-state index contributed by atoms with van der Waals surface area (Å²) in [6, 6.07) is 29.0. The van der Waals surface area contributed by atoms with E-state index in [1.165, 1.54) is 54.6 Å². The number of nitrogens with zero attached hydrogens (tertiary/aromatic N) is 3. The highest BCUT2D eigenvalue weighted by Gasteiger charge is 2.71. The summed E-state index contributed by atoms with van der Waals surface area (Å²) < 4.78 is 88.1. The summed E-state index contributed by atoms with van der Waals surface area (Å²) in [5, 5.41) is 124. The fourth-order valence-electron chi connectivity index (χ4n) is 11.7. The summed E-state index contributed by atoms with van der Waals surface area (Å²) >= 11 is 2.83. The fourth-order valence-corrected chi connectivity index (χ4v) is 12.5. The van der Waals surface area contributed by atoms with E-state index >= 15 is 4.39 Å². The molecule has 4 aliphatic heterocycles. The second-order valence-corrected chi connectivity index (χ2v) is 24.9. The lowest BCUT2D eigenvalue weighted by atomic mass is 9.94. The standard InChI is InChI=1S/C69H59BrFN3O28/c1-4-28-22-34(25-37-49(28)93-58(72-37)31-16-10-7-11-17-31)90-65-46(81)40(75)43(78)52(96-65)62(86)99-55-56(100-63(87)53-44(79)41(76)47(82)66(97-53)91-35-23-29(5-2)50-38(26-35)73-59(94-50)32-18-12-8-13-19-32)69(71,89)101-57(61(84)85)68(55,70)102-64(88)54-45(80)42(77)48(83)67(98-54)92-36-24-30(6-3)51-39(27-36)74-60(95-51)33-20-14-9-15-21-33/h4-27,40-48,52-57,65-67,75-83,89H,1-3H2,(H,84,85)/t40-,41-,42-,43-,44-,45-,46+,47+,48+,52-,53-,54-,55+,56+,57+,65?,66?,67?,68-,69?/m0/s1. The molecule has 0 aliphatic carbocycles. The van der Waals surface area contributed by atoms with Crippen molar-refractivity contribution in [1.82, 2.24) is 15.0 Å². The number of hydrogen-bond donors (Lipinski definition) is 11. The van der Waals surface area contributed by atoms with Gasteiger partial charge in [0.15, 0.2) is 41.2 Å². The summed E-state index contributed by atoms with van der Waals surface area (Å²) in [5.74, 6) is -8.77. The molecule has 11 N–H and O–H groups in total. The van der Waals surface area contributed by atoms with Crippen LogP contribution in [0.25, 0.3) is 85.9 Å². The molecule has 0 amide bonds. The van der Waals surface area contributed by atoms with Gasteiger partial charge < -0.3 is 117 Å². The number of fused-ring (bicyclic) bond motifs is 3. The SMILES string of the molecule is C=Cc1cc(OC2O[C@H](C(=O)O[C@@H]3[C@@H](OC(=O)[C@H]4OC(Oc5cc(C=C)c6oc(-c7ccccc7)nc6c5)[C@H](O)[C@@H](O)[C@@H]4O)[C@](Br)(OC(=O)[C@H]4OC(Oc5cc(C=C)c6oc(-c7ccccc7)nc6c5)[C@H](O)[C@@H](O)[C@@H]4O)[C@@H](C(=O)O)OC3(O)F)[C@@H](O)[C@H](O)[C@H]2O)cc2nc(-c3ccccc3)oc12. The summed E-state index contributed by atoms with van der Waals surface area (Å²) in [5.41, 5.74) is 3.56. The molecule has 0 saturated carbocycles. The number of aliphatic hydroxyl groups is 10. The predicted octanol–water partition coefficient (Wildman–Crippen LogP) is 3.56. The first-order valence-corrected chi connectivity index (χ1v) is 31.7. The molecule has 0 spiro atoms. The van der Waals surface area contributed by atoms with E-state index in [0.29, 0.717) is 16.7 Å². The van der Waals surface area contributed by atoms with Crippen LogP contribution >= 0.6 is 15.9 Å². The number of ether oxygens (including phenoxy) is 10. The quantitative estimate of drug-likeness (QED) is 0.0313. The Morgan fingerprint density at radius 3 is 1.09 bits per heavy atom. The van der Waals surface area contributed by atoms with Crippen LogP contribution in [0.3, 0.4) is 0 Å². The van der Waals surface area contributed by atoms with Crippen molar-refractivity contribution >= 4 is 91.3 Å². The predicted molar refractivity (Wildman–Crippen MR) is 347 cm³/mol. The lowest BCUT2D eigenvalue weighted by molar-refractivity contribution is -0.403. The lowest BCUT2D eigenvalue weighted by Gasteiger charge is -2.49. The third-order valence-corrected chi connectivity index (χ3v) is 18.0. The van der Waals surface area contributed by atoms with Crippen molar-refractivity contribution in [2.45, 2.75) is 121 Å². The van der Waals surface area contributed by atoms with Gasteiger partial charge in [0.05, 0.1) is 0 Å². The maximum absolute atomic E-state index is 17.4. The number of oxazole rings is 3. The first kappa shape index (κ1) is 70.5. The minimum atomic E-state index is -4.82. The van der Waals surface area contributed by atoms with Crippen molar-refractivity contribution in [3.8, 4) is 51.6 Å². The average Bonchev–Trinajstić information content (AvgIpc) is 0.938. The summed E-state index contributed by atoms with van der Waals surface area (Å²) in [6.45, 7) is 11.4. The molecule has 31 nitrogen and oxygen atoms in total. The topological polar surface area (TPSA) is 461 Å². The van der Waals surface area contributed by atoms with Crippen LogP contribution in [0.2, 0.25) is 0 Å². The Balaban J connectivity index is 0.825. The van der Waals surface area contributed by atoms with Crippen LogP contribution in [0.15, 0.2) is 160 Å². The summed E-state index contributed by atoms with van der Waals surface area (Å²) in [7, 11) is 0. The maximum atomic E-state index is 17.4. The third kappa shape index (κ3) is 13.3. The fraction of sp³-hybridized carbons (Fsp3) is 0.290. The number of carbonyl (C=O) groups excluding carboxylic acids is 3. The molecule has 4 aliphatic rings. The Morgan fingerprint density at radius 1 is 0.461 bits per heavy atom. The number of hydrogen-bond acceptors (Lipinski definition) is 30. The zero-order valence-corrected chi connectivity index (χ0v) is 53.9. The van der Waals surface area contributed by atoms with Gasteiger partial charge in [0.1, 0.15) is 88.7 Å². The number of aromatic nitrogens is 3. The molecule has 13 rings (SSSR count). The van der Waals surface area contributed by atoms with E-state index in [1.807, 2.05) is 0 Å². The number of esters is 3. The van der Waals surface area contributed by atoms with Gasteiger partial charge in [0.2, 0.25) is 53.3 Å². The number of benzene rings is 6. The van der Waals surface area contributed by atoms with Crippen LogP contribution in [0.4, 0.5) is 4.39 Å². The summed E-state index contributed by atoms with van der Waals surface area (Å²) in [4.78, 5) is 71.4. The third-order valence-electron chi connectivity index (χ3n) is 17.0. The van der Waals surface area contributed by atoms with Crippen molar-refractivity contribution in [1.29, 1.82) is 0 Å². The second kappa shape index (κ2) is 28.1. The molecular formula is C69H59BrFN3O28. The minimum Gasteiger partial charge on any atom is -0.479 e. The van der Waals surface area contributed by atoms with Gasteiger partial charge in [-0.05, 0) is 70.5 Å². The van der Waals surface area contributed by atoms with Crippen LogP contribution < -0.4 is 14.2 Å². The highest BCUT2D eigenvalue weighted by molar-refractivity contribution is 9.10. The Hall–Kier alpha value is -9.92. The number of alkyl halides is 2. The highest BCUT2D eigenvalue weighted by Crippen LogP contribution is 2.48. The Morgan fingerprint density at radius 2 is 0.775 bits per heavy atom. The molecule has 102 heavy (non-hydrogen) atoms. The van der Waals surface area contributed by atoms with Gasteiger partial charge in [-0.25, -0.2) is 34.1 Å². The Labute approximate surface area is 580 Å². The van der Waals surface area contributed by atoms with Crippen LogP contribution in [0.5, 0.6) is 17.2 Å². The molecule has 4 unspecified atom stereocenters. The smallest absolute Gasteiger partial charge is 0.361 e. The first-order valence-electron chi connectivity index (χ1n) is 30.9. The van der Waals surface area contributed by atoms with E-state index in [2.05, 4.69) is 50.6 Å². The number of aliphatic carboxylic acids is 1. The van der Waals surface area contributed by atoms with Crippen molar-refractivity contribution in [3.05, 3.63) is 164 Å². The molecule has 9 aromatic rings. The van der Waals surface area contributed by atoms with E-state index in [0.717, 1.165) is 0 Å².